The van der Waals surface area contributed by atoms with Crippen molar-refractivity contribution < 1.29 is 9.18 Å². The number of halogens is 1. The summed E-state index contributed by atoms with van der Waals surface area (Å²) in [6, 6.07) is 6.56. The number of aromatic nitrogens is 2. The second kappa shape index (κ2) is 6.72. The summed E-state index contributed by atoms with van der Waals surface area (Å²) in [5.74, 6) is -0.470. The van der Waals surface area contributed by atoms with Gasteiger partial charge >= 0.3 is 0 Å². The SMILES string of the molecule is NC1(C(=O)Nc2nnc(Cc3ccccc3F)s2)CCCCC1. The minimum Gasteiger partial charge on any atom is -0.317 e. The van der Waals surface area contributed by atoms with Gasteiger partial charge < -0.3 is 5.73 Å². The number of amides is 1. The van der Waals surface area contributed by atoms with Crippen LogP contribution in [0.5, 0.6) is 0 Å². The van der Waals surface area contributed by atoms with E-state index in [1.807, 2.05) is 0 Å². The van der Waals surface area contributed by atoms with E-state index in [1.165, 1.54) is 17.4 Å². The minimum atomic E-state index is -0.810. The Bertz CT molecular complexity index is 697. The van der Waals surface area contributed by atoms with E-state index in [4.69, 9.17) is 5.73 Å². The molecule has 0 unspecified atom stereocenters. The van der Waals surface area contributed by atoms with Crippen LogP contribution in [0.4, 0.5) is 9.52 Å². The van der Waals surface area contributed by atoms with Crippen molar-refractivity contribution >= 4 is 22.4 Å². The molecule has 23 heavy (non-hydrogen) atoms. The van der Waals surface area contributed by atoms with Gasteiger partial charge in [0.05, 0.1) is 5.54 Å². The quantitative estimate of drug-likeness (QED) is 0.901. The van der Waals surface area contributed by atoms with Crippen LogP contribution in [0.1, 0.15) is 42.7 Å². The van der Waals surface area contributed by atoms with Gasteiger partial charge in [0, 0.05) is 6.42 Å². The fourth-order valence-electron chi connectivity index (χ4n) is 2.81. The molecular weight excluding hydrogens is 315 g/mol. The van der Waals surface area contributed by atoms with Crippen molar-refractivity contribution in [1.82, 2.24) is 10.2 Å². The van der Waals surface area contributed by atoms with E-state index < -0.39 is 5.54 Å². The van der Waals surface area contributed by atoms with Crippen molar-refractivity contribution in [1.29, 1.82) is 0 Å². The highest BCUT2D eigenvalue weighted by molar-refractivity contribution is 7.15. The number of nitrogens with zero attached hydrogens (tertiary/aromatic N) is 2. The van der Waals surface area contributed by atoms with E-state index in [-0.39, 0.29) is 11.7 Å². The van der Waals surface area contributed by atoms with E-state index in [1.54, 1.807) is 18.2 Å². The molecule has 3 N–H and O–H groups in total. The van der Waals surface area contributed by atoms with E-state index in [2.05, 4.69) is 15.5 Å². The summed E-state index contributed by atoms with van der Waals surface area (Å²) in [5.41, 5.74) is 5.94. The Hall–Kier alpha value is -1.86. The minimum absolute atomic E-state index is 0.203. The summed E-state index contributed by atoms with van der Waals surface area (Å²) < 4.78 is 13.7. The van der Waals surface area contributed by atoms with E-state index in [0.717, 1.165) is 19.3 Å². The number of benzene rings is 1. The Balaban J connectivity index is 1.65. The molecule has 0 atom stereocenters. The summed E-state index contributed by atoms with van der Waals surface area (Å²) in [7, 11) is 0. The predicted molar refractivity (Wildman–Crippen MR) is 87.7 cm³/mol. The van der Waals surface area contributed by atoms with E-state index in [0.29, 0.717) is 35.0 Å². The van der Waals surface area contributed by atoms with Gasteiger partial charge in [0.2, 0.25) is 11.0 Å². The Morgan fingerprint density at radius 1 is 1.26 bits per heavy atom. The zero-order chi connectivity index (χ0) is 16.3. The van der Waals surface area contributed by atoms with Crippen molar-refractivity contribution in [3.05, 3.63) is 40.7 Å². The summed E-state index contributed by atoms with van der Waals surface area (Å²) in [4.78, 5) is 12.4. The van der Waals surface area contributed by atoms with Gasteiger partial charge in [-0.15, -0.1) is 10.2 Å². The first kappa shape index (κ1) is 16.0. The average Bonchev–Trinajstić information content (AvgIpc) is 2.97. The van der Waals surface area contributed by atoms with Crippen molar-refractivity contribution in [3.8, 4) is 0 Å². The topological polar surface area (TPSA) is 80.9 Å². The Morgan fingerprint density at radius 3 is 2.74 bits per heavy atom. The summed E-state index contributed by atoms with van der Waals surface area (Å²) >= 11 is 1.25. The molecule has 1 amide bonds. The largest absolute Gasteiger partial charge is 0.317 e. The third-order valence-corrected chi connectivity index (χ3v) is 5.02. The van der Waals surface area contributed by atoms with Crippen LogP contribution in [0, 0.1) is 5.82 Å². The van der Waals surface area contributed by atoms with Crippen LogP contribution in [0.15, 0.2) is 24.3 Å². The van der Waals surface area contributed by atoms with Gasteiger partial charge in [0.1, 0.15) is 10.8 Å². The van der Waals surface area contributed by atoms with Crippen molar-refractivity contribution in [2.45, 2.75) is 44.1 Å². The first-order valence-corrected chi connectivity index (χ1v) is 8.55. The highest BCUT2D eigenvalue weighted by Crippen LogP contribution is 2.28. The number of carbonyl (C=O) groups excluding carboxylic acids is 1. The van der Waals surface area contributed by atoms with Gasteiger partial charge in [-0.2, -0.15) is 0 Å². The van der Waals surface area contributed by atoms with Crippen molar-refractivity contribution in [3.63, 3.8) is 0 Å². The number of hydrogen-bond acceptors (Lipinski definition) is 5. The Labute approximate surface area is 138 Å². The van der Waals surface area contributed by atoms with E-state index >= 15 is 0 Å². The number of rotatable bonds is 4. The van der Waals surface area contributed by atoms with Crippen LogP contribution in [-0.2, 0) is 11.2 Å². The Kier molecular flexibility index (Phi) is 4.68. The third-order valence-electron chi connectivity index (χ3n) is 4.18. The van der Waals surface area contributed by atoms with Gasteiger partial charge in [-0.25, -0.2) is 4.39 Å². The molecule has 0 spiro atoms. The van der Waals surface area contributed by atoms with Crippen molar-refractivity contribution in [2.24, 2.45) is 5.73 Å². The third kappa shape index (κ3) is 3.73. The zero-order valence-electron chi connectivity index (χ0n) is 12.7. The van der Waals surface area contributed by atoms with Crippen LogP contribution >= 0.6 is 11.3 Å². The molecule has 1 heterocycles. The van der Waals surface area contributed by atoms with Gasteiger partial charge in [-0.1, -0.05) is 48.8 Å². The molecule has 1 saturated carbocycles. The monoisotopic (exact) mass is 334 g/mol. The summed E-state index contributed by atoms with van der Waals surface area (Å²) in [5, 5.41) is 11.8. The lowest BCUT2D eigenvalue weighted by atomic mass is 9.82. The second-order valence-corrected chi connectivity index (χ2v) is 7.00. The van der Waals surface area contributed by atoms with Gasteiger partial charge in [-0.3, -0.25) is 10.1 Å². The average molecular weight is 334 g/mol. The van der Waals surface area contributed by atoms with Crippen LogP contribution in [-0.4, -0.2) is 21.6 Å². The Morgan fingerprint density at radius 2 is 2.00 bits per heavy atom. The molecule has 1 fully saturated rings. The smallest absolute Gasteiger partial charge is 0.246 e. The lowest BCUT2D eigenvalue weighted by Crippen LogP contribution is -2.52. The van der Waals surface area contributed by atoms with Crippen LogP contribution < -0.4 is 11.1 Å². The van der Waals surface area contributed by atoms with Crippen LogP contribution in [0.3, 0.4) is 0 Å². The molecule has 7 heteroatoms. The molecule has 1 aliphatic carbocycles. The van der Waals surface area contributed by atoms with Gasteiger partial charge in [0.15, 0.2) is 0 Å². The maximum atomic E-state index is 13.7. The molecule has 0 radical (unpaired) electrons. The van der Waals surface area contributed by atoms with Gasteiger partial charge in [0.25, 0.3) is 0 Å². The molecule has 0 saturated heterocycles. The molecule has 0 aliphatic heterocycles. The highest BCUT2D eigenvalue weighted by atomic mass is 32.1. The molecular formula is C16H19FN4OS. The number of nitrogens with one attached hydrogen (secondary N) is 1. The molecule has 1 aromatic heterocycles. The fraction of sp³-hybridized carbons (Fsp3) is 0.438. The van der Waals surface area contributed by atoms with Crippen molar-refractivity contribution in [2.75, 3.05) is 5.32 Å². The second-order valence-electron chi connectivity index (χ2n) is 5.94. The van der Waals surface area contributed by atoms with Crippen LogP contribution in [0.2, 0.25) is 0 Å². The summed E-state index contributed by atoms with van der Waals surface area (Å²) in [6.07, 6.45) is 4.81. The molecule has 3 rings (SSSR count). The summed E-state index contributed by atoms with van der Waals surface area (Å²) in [6.45, 7) is 0. The lowest BCUT2D eigenvalue weighted by Gasteiger charge is -2.31. The van der Waals surface area contributed by atoms with E-state index in [9.17, 15) is 9.18 Å². The first-order valence-electron chi connectivity index (χ1n) is 7.73. The maximum absolute atomic E-state index is 13.7. The number of carbonyl (C=O) groups is 1. The molecule has 5 nitrogen and oxygen atoms in total. The lowest BCUT2D eigenvalue weighted by molar-refractivity contribution is -0.122. The standard InChI is InChI=1S/C16H19FN4OS/c17-12-7-3-2-6-11(12)10-13-20-21-15(23-13)19-14(22)16(18)8-4-1-5-9-16/h2-3,6-7H,1,4-5,8-10,18H2,(H,19,21,22). The molecule has 2 aromatic rings. The predicted octanol–water partition coefficient (Wildman–Crippen LogP) is 2.87. The fourth-order valence-corrected chi connectivity index (χ4v) is 3.57. The number of anilines is 1. The van der Waals surface area contributed by atoms with Gasteiger partial charge in [-0.05, 0) is 24.5 Å². The maximum Gasteiger partial charge on any atom is 0.246 e. The molecule has 122 valence electrons. The normalized spacial score (nSPS) is 17.0. The zero-order valence-corrected chi connectivity index (χ0v) is 13.5. The molecule has 1 aromatic carbocycles. The molecule has 1 aliphatic rings. The molecule has 0 bridgehead atoms. The first-order chi connectivity index (χ1) is 11.1. The number of hydrogen-bond donors (Lipinski definition) is 2. The number of nitrogens with two attached hydrogens (primary N) is 1. The highest BCUT2D eigenvalue weighted by Gasteiger charge is 2.35. The van der Waals surface area contributed by atoms with Crippen LogP contribution in [0.25, 0.3) is 0 Å².